The number of benzene rings is 3. The number of nitro groups is 1. The molecule has 0 radical (unpaired) electrons. The first-order valence-corrected chi connectivity index (χ1v) is 14.3. The van der Waals surface area contributed by atoms with Gasteiger partial charge in [-0.15, -0.1) is 12.4 Å². The van der Waals surface area contributed by atoms with E-state index in [1.807, 2.05) is 19.1 Å². The highest BCUT2D eigenvalue weighted by atomic mass is 35.5. The summed E-state index contributed by atoms with van der Waals surface area (Å²) >= 11 is 0. The first-order chi connectivity index (χ1) is 21.4. The molecule has 1 saturated heterocycles. The summed E-state index contributed by atoms with van der Waals surface area (Å²) in [4.78, 5) is 48.6. The second-order valence-electron chi connectivity index (χ2n) is 10.7. The van der Waals surface area contributed by atoms with Gasteiger partial charge in [-0.3, -0.25) is 24.6 Å². The van der Waals surface area contributed by atoms with Crippen LogP contribution in [-0.4, -0.2) is 57.9 Å². The number of ether oxygens (including phenoxy) is 1. The molecule has 246 valence electrons. The zero-order valence-corrected chi connectivity index (χ0v) is 25.6. The van der Waals surface area contributed by atoms with Gasteiger partial charge in [-0.25, -0.2) is 13.6 Å². The molecule has 46 heavy (non-hydrogen) atoms. The fraction of sp³-hybridized carbons (Fsp3) is 0.323. The molecule has 5 N–H and O–H groups in total. The van der Waals surface area contributed by atoms with E-state index in [2.05, 4.69) is 15.5 Å². The van der Waals surface area contributed by atoms with E-state index in [-0.39, 0.29) is 35.4 Å². The zero-order chi connectivity index (χ0) is 32.7. The molecule has 2 amide bonds. The number of anilines is 1. The van der Waals surface area contributed by atoms with Crippen LogP contribution in [0.1, 0.15) is 58.9 Å². The van der Waals surface area contributed by atoms with Crippen LogP contribution >= 0.6 is 12.4 Å². The van der Waals surface area contributed by atoms with Gasteiger partial charge in [-0.1, -0.05) is 25.5 Å². The minimum atomic E-state index is -1.28. The molecular weight excluding hydrogens is 628 g/mol. The predicted molar refractivity (Wildman–Crippen MR) is 167 cm³/mol. The Hall–Kier alpha value is -4.66. The van der Waals surface area contributed by atoms with Gasteiger partial charge in [0.1, 0.15) is 17.4 Å². The summed E-state index contributed by atoms with van der Waals surface area (Å²) in [6.45, 7) is 4.05. The van der Waals surface area contributed by atoms with Gasteiger partial charge in [-0.05, 0) is 68.2 Å². The molecule has 0 spiro atoms. The standard InChI is InChI=1S/C31H33F2N5O7.ClH/c1-2-3-25(30(40)36-26-15-22(29(34)39)23(32)16-24(26)33)35-20-10-12-37(13-11-20)17-18-4-7-21(8-5-18)45-28-9-6-19(31(41)42)14-27(28)38(43)44;/h4-9,14-16,20,25,35H,2-3,10-13,17H2,1H3,(H2,34,39)(H,36,40)(H,41,42);1H. The number of nitro benzene ring substituents is 1. The van der Waals surface area contributed by atoms with Crippen molar-refractivity contribution in [3.05, 3.63) is 93.0 Å². The van der Waals surface area contributed by atoms with Crippen LogP contribution < -0.4 is 21.1 Å². The Bertz CT molecular complexity index is 1580. The van der Waals surface area contributed by atoms with E-state index < -0.39 is 51.6 Å². The van der Waals surface area contributed by atoms with Crippen molar-refractivity contribution in [1.29, 1.82) is 0 Å². The quantitative estimate of drug-likeness (QED) is 0.141. The third-order valence-corrected chi connectivity index (χ3v) is 7.46. The van der Waals surface area contributed by atoms with Gasteiger partial charge in [0.15, 0.2) is 0 Å². The number of likely N-dealkylation sites (tertiary alicyclic amines) is 1. The smallest absolute Gasteiger partial charge is 0.335 e. The van der Waals surface area contributed by atoms with Gasteiger partial charge >= 0.3 is 11.7 Å². The minimum absolute atomic E-state index is 0. The third kappa shape index (κ3) is 9.19. The molecule has 3 aromatic carbocycles. The third-order valence-electron chi connectivity index (χ3n) is 7.46. The molecule has 1 unspecified atom stereocenters. The van der Waals surface area contributed by atoms with Gasteiger partial charge in [0.25, 0.3) is 5.91 Å². The van der Waals surface area contributed by atoms with Crippen molar-refractivity contribution in [2.45, 2.75) is 51.2 Å². The number of carboxylic acids is 1. The lowest BCUT2D eigenvalue weighted by molar-refractivity contribution is -0.385. The number of primary amides is 1. The molecule has 1 fully saturated rings. The topological polar surface area (TPSA) is 177 Å². The number of amides is 2. The maximum Gasteiger partial charge on any atom is 0.335 e. The second kappa shape index (κ2) is 16.1. The molecule has 12 nitrogen and oxygen atoms in total. The summed E-state index contributed by atoms with van der Waals surface area (Å²) in [6, 6.07) is 11.3. The first kappa shape index (κ1) is 35.8. The molecule has 1 aliphatic heterocycles. The van der Waals surface area contributed by atoms with Gasteiger partial charge in [0.05, 0.1) is 27.8 Å². The molecule has 0 aliphatic carbocycles. The normalized spacial score (nSPS) is 14.2. The number of aromatic carboxylic acids is 1. The Morgan fingerprint density at radius 3 is 2.35 bits per heavy atom. The summed E-state index contributed by atoms with van der Waals surface area (Å²) in [5.41, 5.74) is 4.63. The highest BCUT2D eigenvalue weighted by Crippen LogP contribution is 2.32. The largest absolute Gasteiger partial charge is 0.478 e. The van der Waals surface area contributed by atoms with Crippen LogP contribution in [0, 0.1) is 21.7 Å². The van der Waals surface area contributed by atoms with E-state index in [9.17, 15) is 33.3 Å². The Labute approximate surface area is 269 Å². The molecule has 0 aromatic heterocycles. The van der Waals surface area contributed by atoms with Crippen molar-refractivity contribution in [1.82, 2.24) is 10.2 Å². The maximum absolute atomic E-state index is 14.3. The number of piperidine rings is 1. The first-order valence-electron chi connectivity index (χ1n) is 14.3. The van der Waals surface area contributed by atoms with Crippen molar-refractivity contribution in [2.24, 2.45) is 5.73 Å². The molecule has 0 bridgehead atoms. The van der Waals surface area contributed by atoms with Crippen molar-refractivity contribution in [2.75, 3.05) is 18.4 Å². The summed E-state index contributed by atoms with van der Waals surface area (Å²) in [5.74, 6) is -4.66. The highest BCUT2D eigenvalue weighted by molar-refractivity contribution is 5.98. The van der Waals surface area contributed by atoms with Crippen LogP contribution in [0.2, 0.25) is 0 Å². The molecule has 1 heterocycles. The number of rotatable bonds is 13. The van der Waals surface area contributed by atoms with Gasteiger partial charge in [-0.2, -0.15) is 0 Å². The molecular formula is C31H34ClF2N5O7. The highest BCUT2D eigenvalue weighted by Gasteiger charge is 2.26. The van der Waals surface area contributed by atoms with Gasteiger partial charge in [0, 0.05) is 24.7 Å². The SMILES string of the molecule is CCCC(NC1CCN(Cc2ccc(Oc3ccc(C(=O)O)cc3[N+](=O)[O-])cc2)CC1)C(=O)Nc1cc(C(N)=O)c(F)cc1F.Cl. The maximum atomic E-state index is 14.3. The van der Waals surface area contributed by atoms with Crippen LogP contribution in [0.5, 0.6) is 11.5 Å². The van der Waals surface area contributed by atoms with E-state index in [0.717, 1.165) is 43.6 Å². The van der Waals surface area contributed by atoms with Crippen molar-refractivity contribution < 1.29 is 37.9 Å². The predicted octanol–water partition coefficient (Wildman–Crippen LogP) is 5.25. The number of carboxylic acid groups (broad SMARTS) is 1. The summed E-state index contributed by atoms with van der Waals surface area (Å²) in [6.07, 6.45) is 2.67. The van der Waals surface area contributed by atoms with Crippen molar-refractivity contribution in [3.63, 3.8) is 0 Å². The van der Waals surface area contributed by atoms with Crippen LogP contribution in [0.25, 0.3) is 0 Å². The number of halogens is 3. The minimum Gasteiger partial charge on any atom is -0.478 e. The average Bonchev–Trinajstić information content (AvgIpc) is 3.00. The fourth-order valence-corrected chi connectivity index (χ4v) is 5.10. The van der Waals surface area contributed by atoms with Gasteiger partial charge < -0.3 is 26.2 Å². The fourth-order valence-electron chi connectivity index (χ4n) is 5.10. The van der Waals surface area contributed by atoms with E-state index in [1.54, 1.807) is 12.1 Å². The average molecular weight is 662 g/mol. The van der Waals surface area contributed by atoms with Gasteiger partial charge in [0.2, 0.25) is 11.7 Å². The lowest BCUT2D eigenvalue weighted by atomic mass is 10.0. The molecule has 4 rings (SSSR count). The van der Waals surface area contributed by atoms with Crippen LogP contribution in [0.4, 0.5) is 20.2 Å². The Balaban J connectivity index is 0.00000576. The summed E-state index contributed by atoms with van der Waals surface area (Å²) < 4.78 is 33.8. The number of nitrogens with one attached hydrogen (secondary N) is 2. The molecule has 15 heteroatoms. The van der Waals surface area contributed by atoms with Crippen LogP contribution in [0.15, 0.2) is 54.6 Å². The Morgan fingerprint density at radius 1 is 1.09 bits per heavy atom. The molecule has 1 atom stereocenters. The van der Waals surface area contributed by atoms with Crippen LogP contribution in [-0.2, 0) is 11.3 Å². The number of hydrogen-bond acceptors (Lipinski definition) is 8. The number of hydrogen-bond donors (Lipinski definition) is 4. The Morgan fingerprint density at radius 2 is 1.76 bits per heavy atom. The second-order valence-corrected chi connectivity index (χ2v) is 10.7. The summed E-state index contributed by atoms with van der Waals surface area (Å²) in [7, 11) is 0. The summed E-state index contributed by atoms with van der Waals surface area (Å²) in [5, 5.41) is 26.3. The zero-order valence-electron chi connectivity index (χ0n) is 24.8. The lowest BCUT2D eigenvalue weighted by Gasteiger charge is -2.34. The number of carbonyl (C=O) groups is 3. The van der Waals surface area contributed by atoms with E-state index in [1.165, 1.54) is 12.1 Å². The van der Waals surface area contributed by atoms with Crippen molar-refractivity contribution in [3.8, 4) is 11.5 Å². The molecule has 3 aromatic rings. The van der Waals surface area contributed by atoms with E-state index in [4.69, 9.17) is 15.6 Å². The van der Waals surface area contributed by atoms with E-state index in [0.29, 0.717) is 31.2 Å². The lowest BCUT2D eigenvalue weighted by Crippen LogP contribution is -2.50. The van der Waals surface area contributed by atoms with Crippen molar-refractivity contribution >= 4 is 41.6 Å². The monoisotopic (exact) mass is 661 g/mol. The molecule has 0 saturated carbocycles. The number of nitrogens with two attached hydrogens (primary N) is 1. The Kier molecular flexibility index (Phi) is 12.5. The molecule has 1 aliphatic rings. The number of carbonyl (C=O) groups excluding carboxylic acids is 2. The van der Waals surface area contributed by atoms with E-state index >= 15 is 0 Å². The van der Waals surface area contributed by atoms with Crippen LogP contribution in [0.3, 0.4) is 0 Å². The number of nitrogens with zero attached hydrogens (tertiary/aromatic N) is 2.